The SMILES string of the molecule is CCN(CC(=O)N(C)C)C(=O)c1ccc2c(c1)CCN2. The predicted molar refractivity (Wildman–Crippen MR) is 78.9 cm³/mol. The van der Waals surface area contributed by atoms with Crippen molar-refractivity contribution >= 4 is 17.5 Å². The fraction of sp³-hybridized carbons (Fsp3) is 0.467. The van der Waals surface area contributed by atoms with Crippen LogP contribution in [-0.4, -0.2) is 55.3 Å². The Morgan fingerprint density at radius 1 is 1.30 bits per heavy atom. The van der Waals surface area contributed by atoms with Crippen molar-refractivity contribution in [2.24, 2.45) is 0 Å². The summed E-state index contributed by atoms with van der Waals surface area (Å²) in [6, 6.07) is 5.69. The van der Waals surface area contributed by atoms with Gasteiger partial charge in [-0.3, -0.25) is 9.59 Å². The van der Waals surface area contributed by atoms with Crippen molar-refractivity contribution in [2.45, 2.75) is 13.3 Å². The van der Waals surface area contributed by atoms with Crippen LogP contribution in [0, 0.1) is 0 Å². The standard InChI is InChI=1S/C15H21N3O2/c1-4-18(10-14(19)17(2)3)15(20)12-5-6-13-11(9-12)7-8-16-13/h5-6,9,16H,4,7-8,10H2,1-3H3. The summed E-state index contributed by atoms with van der Waals surface area (Å²) in [4.78, 5) is 27.3. The van der Waals surface area contributed by atoms with Crippen LogP contribution in [-0.2, 0) is 11.2 Å². The maximum atomic E-state index is 12.5. The molecule has 5 nitrogen and oxygen atoms in total. The van der Waals surface area contributed by atoms with Crippen LogP contribution >= 0.6 is 0 Å². The largest absolute Gasteiger partial charge is 0.384 e. The normalized spacial score (nSPS) is 12.6. The molecule has 0 unspecified atom stereocenters. The molecule has 0 aromatic heterocycles. The van der Waals surface area contributed by atoms with Gasteiger partial charge in [0.15, 0.2) is 0 Å². The van der Waals surface area contributed by atoms with Gasteiger partial charge in [0.1, 0.15) is 0 Å². The van der Waals surface area contributed by atoms with Crippen LogP contribution in [0.5, 0.6) is 0 Å². The minimum atomic E-state index is -0.0857. The van der Waals surface area contributed by atoms with Gasteiger partial charge >= 0.3 is 0 Å². The molecule has 1 aliphatic rings. The third-order valence-electron chi connectivity index (χ3n) is 3.56. The number of benzene rings is 1. The van der Waals surface area contributed by atoms with Crippen molar-refractivity contribution in [3.05, 3.63) is 29.3 Å². The number of fused-ring (bicyclic) bond motifs is 1. The minimum absolute atomic E-state index is 0.0666. The Hall–Kier alpha value is -2.04. The molecule has 20 heavy (non-hydrogen) atoms. The van der Waals surface area contributed by atoms with Gasteiger partial charge in [-0.25, -0.2) is 0 Å². The number of nitrogens with one attached hydrogen (secondary N) is 1. The smallest absolute Gasteiger partial charge is 0.254 e. The highest BCUT2D eigenvalue weighted by Crippen LogP contribution is 2.23. The number of carbonyl (C=O) groups excluding carboxylic acids is 2. The van der Waals surface area contributed by atoms with Crippen molar-refractivity contribution in [2.75, 3.05) is 39.0 Å². The molecule has 1 aromatic carbocycles. The summed E-state index contributed by atoms with van der Waals surface area (Å²) in [6.45, 7) is 3.45. The van der Waals surface area contributed by atoms with Crippen molar-refractivity contribution in [1.82, 2.24) is 9.80 Å². The Kier molecular flexibility index (Phi) is 4.27. The molecule has 0 fully saturated rings. The summed E-state index contributed by atoms with van der Waals surface area (Å²) in [7, 11) is 3.39. The molecule has 0 saturated carbocycles. The fourth-order valence-corrected chi connectivity index (χ4v) is 2.25. The molecule has 0 bridgehead atoms. The first-order valence-electron chi connectivity index (χ1n) is 6.89. The number of amides is 2. The van der Waals surface area contributed by atoms with Crippen LogP contribution in [0.15, 0.2) is 18.2 Å². The predicted octanol–water partition coefficient (Wildman–Crippen LogP) is 1.20. The van der Waals surface area contributed by atoms with Gasteiger partial charge in [0.25, 0.3) is 5.91 Å². The molecule has 5 heteroatoms. The average Bonchev–Trinajstić information content (AvgIpc) is 2.90. The number of likely N-dealkylation sites (N-methyl/N-ethyl adjacent to an activating group) is 2. The highest BCUT2D eigenvalue weighted by Gasteiger charge is 2.20. The van der Waals surface area contributed by atoms with E-state index in [1.165, 1.54) is 10.5 Å². The lowest BCUT2D eigenvalue weighted by Crippen LogP contribution is -2.40. The number of nitrogens with zero attached hydrogens (tertiary/aromatic N) is 2. The van der Waals surface area contributed by atoms with Crippen LogP contribution < -0.4 is 5.32 Å². The molecule has 108 valence electrons. The Balaban J connectivity index is 2.14. The summed E-state index contributed by atoms with van der Waals surface area (Å²) in [5.74, 6) is -0.152. The van der Waals surface area contributed by atoms with Crippen molar-refractivity contribution < 1.29 is 9.59 Å². The van der Waals surface area contributed by atoms with E-state index in [1.807, 2.05) is 25.1 Å². The molecule has 1 N–H and O–H groups in total. The first kappa shape index (κ1) is 14.4. The van der Waals surface area contributed by atoms with Gasteiger partial charge < -0.3 is 15.1 Å². The van der Waals surface area contributed by atoms with E-state index in [1.54, 1.807) is 19.0 Å². The lowest BCUT2D eigenvalue weighted by Gasteiger charge is -2.22. The molecular formula is C15H21N3O2. The van der Waals surface area contributed by atoms with E-state index >= 15 is 0 Å². The minimum Gasteiger partial charge on any atom is -0.384 e. The first-order chi connectivity index (χ1) is 9.52. The third kappa shape index (κ3) is 2.92. The van der Waals surface area contributed by atoms with Crippen molar-refractivity contribution in [3.63, 3.8) is 0 Å². The van der Waals surface area contributed by atoms with Crippen LogP contribution in [0.2, 0.25) is 0 Å². The summed E-state index contributed by atoms with van der Waals surface area (Å²) in [6.07, 6.45) is 0.944. The Labute approximate surface area is 119 Å². The fourth-order valence-electron chi connectivity index (χ4n) is 2.25. The number of carbonyl (C=O) groups is 2. The van der Waals surface area contributed by atoms with Crippen molar-refractivity contribution in [1.29, 1.82) is 0 Å². The molecule has 0 aliphatic carbocycles. The van der Waals surface area contributed by atoms with Gasteiger partial charge in [0.05, 0.1) is 6.54 Å². The van der Waals surface area contributed by atoms with E-state index in [2.05, 4.69) is 5.32 Å². The molecule has 0 atom stereocenters. The van der Waals surface area contributed by atoms with Crippen LogP contribution in [0.3, 0.4) is 0 Å². The molecule has 0 spiro atoms. The molecular weight excluding hydrogens is 254 g/mol. The lowest BCUT2D eigenvalue weighted by molar-refractivity contribution is -0.129. The van der Waals surface area contributed by atoms with E-state index in [4.69, 9.17) is 0 Å². The molecule has 0 radical (unpaired) electrons. The van der Waals surface area contributed by atoms with E-state index in [0.29, 0.717) is 12.1 Å². The lowest BCUT2D eigenvalue weighted by atomic mass is 10.1. The molecule has 2 amide bonds. The highest BCUT2D eigenvalue weighted by molar-refractivity contribution is 5.97. The van der Waals surface area contributed by atoms with Gasteiger partial charge in [-0.05, 0) is 37.1 Å². The molecule has 1 heterocycles. The second-order valence-corrected chi connectivity index (χ2v) is 5.16. The Morgan fingerprint density at radius 2 is 2.05 bits per heavy atom. The second kappa shape index (κ2) is 5.94. The molecule has 2 rings (SSSR count). The van der Waals surface area contributed by atoms with E-state index in [9.17, 15) is 9.59 Å². The number of hydrogen-bond donors (Lipinski definition) is 1. The maximum Gasteiger partial charge on any atom is 0.254 e. The quantitative estimate of drug-likeness (QED) is 0.898. The average molecular weight is 275 g/mol. The van der Waals surface area contributed by atoms with E-state index < -0.39 is 0 Å². The van der Waals surface area contributed by atoms with Gasteiger partial charge in [-0.1, -0.05) is 0 Å². The summed E-state index contributed by atoms with van der Waals surface area (Å²) < 4.78 is 0. The zero-order chi connectivity index (χ0) is 14.7. The highest BCUT2D eigenvalue weighted by atomic mass is 16.2. The van der Waals surface area contributed by atoms with Crippen LogP contribution in [0.25, 0.3) is 0 Å². The zero-order valence-electron chi connectivity index (χ0n) is 12.3. The van der Waals surface area contributed by atoms with Crippen molar-refractivity contribution in [3.8, 4) is 0 Å². The Bertz CT molecular complexity index is 526. The topological polar surface area (TPSA) is 52.7 Å². The zero-order valence-corrected chi connectivity index (χ0v) is 12.3. The summed E-state index contributed by atoms with van der Waals surface area (Å²) in [5.41, 5.74) is 2.93. The van der Waals surface area contributed by atoms with E-state index in [0.717, 1.165) is 18.7 Å². The second-order valence-electron chi connectivity index (χ2n) is 5.16. The molecule has 0 saturated heterocycles. The first-order valence-corrected chi connectivity index (χ1v) is 6.89. The molecule has 1 aromatic rings. The summed E-state index contributed by atoms with van der Waals surface area (Å²) >= 11 is 0. The molecule has 1 aliphatic heterocycles. The third-order valence-corrected chi connectivity index (χ3v) is 3.56. The Morgan fingerprint density at radius 3 is 2.70 bits per heavy atom. The van der Waals surface area contributed by atoms with Gasteiger partial charge in [0, 0.05) is 38.4 Å². The maximum absolute atomic E-state index is 12.5. The van der Waals surface area contributed by atoms with Crippen LogP contribution in [0.1, 0.15) is 22.8 Å². The number of anilines is 1. The van der Waals surface area contributed by atoms with Gasteiger partial charge in [0.2, 0.25) is 5.91 Å². The van der Waals surface area contributed by atoms with Gasteiger partial charge in [-0.2, -0.15) is 0 Å². The van der Waals surface area contributed by atoms with E-state index in [-0.39, 0.29) is 18.4 Å². The number of hydrogen-bond acceptors (Lipinski definition) is 3. The van der Waals surface area contributed by atoms with Crippen LogP contribution in [0.4, 0.5) is 5.69 Å². The number of rotatable bonds is 4. The monoisotopic (exact) mass is 275 g/mol. The summed E-state index contributed by atoms with van der Waals surface area (Å²) in [5, 5.41) is 3.27. The van der Waals surface area contributed by atoms with Gasteiger partial charge in [-0.15, -0.1) is 0 Å².